The quantitative estimate of drug-likeness (QED) is 0.646. The van der Waals surface area contributed by atoms with Gasteiger partial charge in [0.15, 0.2) is 5.75 Å². The highest BCUT2D eigenvalue weighted by molar-refractivity contribution is 6.33. The van der Waals surface area contributed by atoms with E-state index in [4.69, 9.17) is 27.2 Å². The maximum atomic E-state index is 11.9. The average molecular weight is 298 g/mol. The van der Waals surface area contributed by atoms with E-state index >= 15 is 0 Å². The molecule has 0 aliphatic heterocycles. The van der Waals surface area contributed by atoms with Crippen molar-refractivity contribution in [2.75, 3.05) is 12.3 Å². The molecule has 106 valence electrons. The fourth-order valence-corrected chi connectivity index (χ4v) is 1.65. The molecule has 0 unspecified atom stereocenters. The molecule has 1 aromatic carbocycles. The molecular weight excluding hydrogens is 287 g/mol. The Hall–Kier alpha value is -1.63. The van der Waals surface area contributed by atoms with Crippen molar-refractivity contribution in [3.05, 3.63) is 22.7 Å². The van der Waals surface area contributed by atoms with E-state index in [0.717, 1.165) is 6.07 Å². The summed E-state index contributed by atoms with van der Waals surface area (Å²) >= 11 is 5.76. The fourth-order valence-electron chi connectivity index (χ4n) is 1.37. The number of nitrogens with two attached hydrogens (primary N) is 1. The number of benzene rings is 1. The SMILES string of the molecule is Nc1cc(Cl)c(OCCCC(F)(F)F)c(C(=O)O)c1. The first kappa shape index (κ1) is 15.4. The van der Waals surface area contributed by atoms with Gasteiger partial charge in [0.1, 0.15) is 5.56 Å². The van der Waals surface area contributed by atoms with Gasteiger partial charge in [-0.2, -0.15) is 13.2 Å². The monoisotopic (exact) mass is 297 g/mol. The molecule has 19 heavy (non-hydrogen) atoms. The molecule has 1 aromatic rings. The van der Waals surface area contributed by atoms with Crippen LogP contribution in [0.3, 0.4) is 0 Å². The third kappa shape index (κ3) is 4.86. The first-order chi connectivity index (χ1) is 8.70. The van der Waals surface area contributed by atoms with Crippen LogP contribution >= 0.6 is 11.6 Å². The van der Waals surface area contributed by atoms with Crippen LogP contribution in [-0.4, -0.2) is 23.9 Å². The zero-order valence-corrected chi connectivity index (χ0v) is 10.4. The van der Waals surface area contributed by atoms with Gasteiger partial charge in [0.25, 0.3) is 0 Å². The molecule has 0 saturated carbocycles. The van der Waals surface area contributed by atoms with Crippen LogP contribution in [0.1, 0.15) is 23.2 Å². The Morgan fingerprint density at radius 3 is 2.58 bits per heavy atom. The van der Waals surface area contributed by atoms with Gasteiger partial charge in [0.2, 0.25) is 0 Å². The molecule has 0 aromatic heterocycles. The number of carbonyl (C=O) groups is 1. The predicted molar refractivity (Wildman–Crippen MR) is 63.6 cm³/mol. The van der Waals surface area contributed by atoms with Crippen LogP contribution < -0.4 is 10.5 Å². The normalized spacial score (nSPS) is 11.4. The second kappa shape index (κ2) is 6.01. The summed E-state index contributed by atoms with van der Waals surface area (Å²) in [5.41, 5.74) is 5.28. The van der Waals surface area contributed by atoms with Crippen molar-refractivity contribution in [1.82, 2.24) is 0 Å². The van der Waals surface area contributed by atoms with Gasteiger partial charge in [0, 0.05) is 12.1 Å². The van der Waals surface area contributed by atoms with E-state index in [9.17, 15) is 18.0 Å². The number of halogens is 4. The highest BCUT2D eigenvalue weighted by atomic mass is 35.5. The Labute approximate surface area is 111 Å². The number of ether oxygens (including phenoxy) is 1. The topological polar surface area (TPSA) is 72.5 Å². The maximum absolute atomic E-state index is 11.9. The Balaban J connectivity index is 2.75. The van der Waals surface area contributed by atoms with E-state index in [1.54, 1.807) is 0 Å². The molecule has 1 rings (SSSR count). The fraction of sp³-hybridized carbons (Fsp3) is 0.364. The molecule has 0 aliphatic rings. The number of carboxylic acids is 1. The first-order valence-corrected chi connectivity index (χ1v) is 5.60. The standard InChI is InChI=1S/C11H11ClF3NO3/c12-8-5-6(16)4-7(10(17)18)9(8)19-3-1-2-11(13,14)15/h4-5H,1-3,16H2,(H,17,18). The van der Waals surface area contributed by atoms with Gasteiger partial charge >= 0.3 is 12.1 Å². The third-order valence-corrected chi connectivity index (χ3v) is 2.43. The van der Waals surface area contributed by atoms with E-state index in [1.807, 2.05) is 0 Å². The van der Waals surface area contributed by atoms with E-state index in [-0.39, 0.29) is 35.1 Å². The number of rotatable bonds is 5. The molecule has 3 N–H and O–H groups in total. The summed E-state index contributed by atoms with van der Waals surface area (Å²) in [5.74, 6) is -1.49. The molecule has 0 bridgehead atoms. The van der Waals surface area contributed by atoms with Crippen LogP contribution in [0.2, 0.25) is 5.02 Å². The van der Waals surface area contributed by atoms with Crippen molar-refractivity contribution in [2.45, 2.75) is 19.0 Å². The predicted octanol–water partition coefficient (Wildman–Crippen LogP) is 3.34. The Morgan fingerprint density at radius 2 is 2.05 bits per heavy atom. The second-order valence-corrected chi connectivity index (χ2v) is 4.16. The average Bonchev–Trinajstić information content (AvgIpc) is 2.24. The summed E-state index contributed by atoms with van der Waals surface area (Å²) in [6.07, 6.45) is -5.57. The summed E-state index contributed by atoms with van der Waals surface area (Å²) < 4.78 is 40.8. The minimum absolute atomic E-state index is 0.0515. The van der Waals surface area contributed by atoms with Crippen LogP contribution in [-0.2, 0) is 0 Å². The van der Waals surface area contributed by atoms with Crippen molar-refractivity contribution >= 4 is 23.3 Å². The highest BCUT2D eigenvalue weighted by Gasteiger charge is 2.26. The Morgan fingerprint density at radius 1 is 1.42 bits per heavy atom. The molecule has 0 saturated heterocycles. The molecule has 0 heterocycles. The lowest BCUT2D eigenvalue weighted by Gasteiger charge is -2.12. The second-order valence-electron chi connectivity index (χ2n) is 3.75. The maximum Gasteiger partial charge on any atom is 0.389 e. The van der Waals surface area contributed by atoms with Crippen LogP contribution in [0.5, 0.6) is 5.75 Å². The van der Waals surface area contributed by atoms with Gasteiger partial charge in [-0.1, -0.05) is 11.6 Å². The number of anilines is 1. The van der Waals surface area contributed by atoms with Gasteiger partial charge < -0.3 is 15.6 Å². The molecule has 0 fully saturated rings. The van der Waals surface area contributed by atoms with Gasteiger partial charge in [0.05, 0.1) is 11.6 Å². The number of carboxylic acid groups (broad SMARTS) is 1. The van der Waals surface area contributed by atoms with Crippen molar-refractivity contribution in [1.29, 1.82) is 0 Å². The largest absolute Gasteiger partial charge is 0.491 e. The first-order valence-electron chi connectivity index (χ1n) is 5.22. The number of alkyl halides is 3. The zero-order chi connectivity index (χ0) is 14.6. The van der Waals surface area contributed by atoms with Crippen molar-refractivity contribution < 1.29 is 27.8 Å². The lowest BCUT2D eigenvalue weighted by atomic mass is 10.2. The molecule has 0 atom stereocenters. The molecule has 0 radical (unpaired) electrons. The molecule has 0 spiro atoms. The van der Waals surface area contributed by atoms with Crippen LogP contribution in [0, 0.1) is 0 Å². The van der Waals surface area contributed by atoms with Crippen molar-refractivity contribution in [3.63, 3.8) is 0 Å². The molecule has 0 amide bonds. The van der Waals surface area contributed by atoms with Gasteiger partial charge in [-0.15, -0.1) is 0 Å². The minimum atomic E-state index is -4.27. The molecular formula is C11H11ClF3NO3. The number of aromatic carboxylic acids is 1. The smallest absolute Gasteiger partial charge is 0.389 e. The highest BCUT2D eigenvalue weighted by Crippen LogP contribution is 2.32. The van der Waals surface area contributed by atoms with Crippen LogP contribution in [0.15, 0.2) is 12.1 Å². The van der Waals surface area contributed by atoms with E-state index in [0.29, 0.717) is 0 Å². The van der Waals surface area contributed by atoms with Gasteiger partial charge in [-0.25, -0.2) is 4.79 Å². The van der Waals surface area contributed by atoms with E-state index in [1.165, 1.54) is 6.07 Å². The molecule has 8 heteroatoms. The summed E-state index contributed by atoms with van der Waals surface area (Å²) in [7, 11) is 0. The molecule has 0 aliphatic carbocycles. The lowest BCUT2D eigenvalue weighted by molar-refractivity contribution is -0.136. The number of hydrogen-bond acceptors (Lipinski definition) is 3. The minimum Gasteiger partial charge on any atom is -0.491 e. The van der Waals surface area contributed by atoms with Crippen molar-refractivity contribution in [2.24, 2.45) is 0 Å². The van der Waals surface area contributed by atoms with Crippen LogP contribution in [0.4, 0.5) is 18.9 Å². The van der Waals surface area contributed by atoms with E-state index in [2.05, 4.69) is 0 Å². The van der Waals surface area contributed by atoms with Crippen LogP contribution in [0.25, 0.3) is 0 Å². The molecule has 4 nitrogen and oxygen atoms in total. The van der Waals surface area contributed by atoms with Gasteiger partial charge in [-0.05, 0) is 18.6 Å². The Kier molecular flexibility index (Phi) is 4.88. The Bertz CT molecular complexity index is 477. The van der Waals surface area contributed by atoms with E-state index < -0.39 is 18.6 Å². The summed E-state index contributed by atoms with van der Waals surface area (Å²) in [6.45, 7) is -0.288. The number of nitrogen functional groups attached to an aromatic ring is 1. The zero-order valence-electron chi connectivity index (χ0n) is 9.63. The third-order valence-electron chi connectivity index (χ3n) is 2.15. The number of hydrogen-bond donors (Lipinski definition) is 2. The van der Waals surface area contributed by atoms with Gasteiger partial charge in [-0.3, -0.25) is 0 Å². The lowest BCUT2D eigenvalue weighted by Crippen LogP contribution is -2.11. The van der Waals surface area contributed by atoms with Crippen molar-refractivity contribution in [3.8, 4) is 5.75 Å². The summed E-state index contributed by atoms with van der Waals surface area (Å²) in [6, 6.07) is 2.40. The summed E-state index contributed by atoms with van der Waals surface area (Å²) in [5, 5.41) is 8.87. The summed E-state index contributed by atoms with van der Waals surface area (Å²) in [4.78, 5) is 10.9.